The third kappa shape index (κ3) is 5.58. The standard InChI is InChI=1S/C33H43ClN6O3/c1-31(2)28(32(3,4)29(31)43-25-6-5-21(18-35)26(34)15-25)38-27(42)22-19-36-30(37-20-22)40-11-7-23(8-12-40)39-13-9-33(10-14-39)16-24(41)17-33/h5-6,15,19-20,23-24,28-29,41H,7-14,16-17H2,1-4H3,(H,38,42). The Labute approximate surface area is 259 Å². The first-order valence-electron chi connectivity index (χ1n) is 15.6. The number of nitrogens with one attached hydrogen (secondary N) is 1. The Morgan fingerprint density at radius 2 is 1.70 bits per heavy atom. The summed E-state index contributed by atoms with van der Waals surface area (Å²) in [5.41, 5.74) is 0.569. The summed E-state index contributed by atoms with van der Waals surface area (Å²) < 4.78 is 6.34. The number of aliphatic hydroxyl groups is 1. The van der Waals surface area contributed by atoms with Crippen molar-refractivity contribution in [3.63, 3.8) is 0 Å². The van der Waals surface area contributed by atoms with Gasteiger partial charge in [0.1, 0.15) is 17.9 Å². The number of carbonyl (C=O) groups excluding carboxylic acids is 1. The number of hydrogen-bond acceptors (Lipinski definition) is 8. The molecule has 10 heteroatoms. The van der Waals surface area contributed by atoms with Gasteiger partial charge in [0, 0.05) is 54.5 Å². The van der Waals surface area contributed by atoms with Crippen LogP contribution in [0.25, 0.3) is 0 Å². The fraction of sp³-hybridized carbons (Fsp3) is 0.636. The van der Waals surface area contributed by atoms with Gasteiger partial charge in [-0.3, -0.25) is 4.79 Å². The molecule has 230 valence electrons. The Morgan fingerprint density at radius 3 is 2.26 bits per heavy atom. The number of aromatic nitrogens is 2. The van der Waals surface area contributed by atoms with Gasteiger partial charge in [-0.1, -0.05) is 39.3 Å². The van der Waals surface area contributed by atoms with Gasteiger partial charge in [-0.15, -0.1) is 0 Å². The van der Waals surface area contributed by atoms with Crippen LogP contribution in [0.2, 0.25) is 5.02 Å². The molecule has 0 bridgehead atoms. The molecule has 2 saturated carbocycles. The van der Waals surface area contributed by atoms with Gasteiger partial charge >= 0.3 is 0 Å². The lowest BCUT2D eigenvalue weighted by Crippen LogP contribution is -2.74. The van der Waals surface area contributed by atoms with E-state index in [1.165, 1.54) is 12.8 Å². The van der Waals surface area contributed by atoms with Gasteiger partial charge in [0.15, 0.2) is 0 Å². The van der Waals surface area contributed by atoms with Crippen molar-refractivity contribution in [2.24, 2.45) is 16.2 Å². The van der Waals surface area contributed by atoms with Gasteiger partial charge in [0.2, 0.25) is 5.95 Å². The molecule has 1 spiro atoms. The van der Waals surface area contributed by atoms with Crippen LogP contribution in [0.4, 0.5) is 5.95 Å². The van der Waals surface area contributed by atoms with Crippen LogP contribution in [0.3, 0.4) is 0 Å². The lowest BCUT2D eigenvalue weighted by atomic mass is 9.49. The van der Waals surface area contributed by atoms with E-state index in [2.05, 4.69) is 58.8 Å². The van der Waals surface area contributed by atoms with E-state index in [0.29, 0.717) is 39.3 Å². The molecule has 1 aromatic heterocycles. The number of hydrogen-bond donors (Lipinski definition) is 2. The lowest BCUT2D eigenvalue weighted by molar-refractivity contribution is -0.164. The monoisotopic (exact) mass is 606 g/mol. The first-order chi connectivity index (χ1) is 20.4. The lowest BCUT2D eigenvalue weighted by Gasteiger charge is -2.63. The average Bonchev–Trinajstić information content (AvgIpc) is 2.98. The zero-order valence-corrected chi connectivity index (χ0v) is 26.4. The van der Waals surface area contributed by atoms with Crippen molar-refractivity contribution in [2.45, 2.75) is 90.5 Å². The third-order valence-corrected chi connectivity index (χ3v) is 11.1. The SMILES string of the molecule is CC1(C)C(NC(=O)c2cnc(N3CCC(N4CCC5(CC4)CC(O)C5)CC3)nc2)C(C)(C)C1Oc1ccc(C#N)c(Cl)c1. The van der Waals surface area contributed by atoms with Gasteiger partial charge in [0.05, 0.1) is 22.3 Å². The number of nitrogens with zero attached hydrogens (tertiary/aromatic N) is 5. The Balaban J connectivity index is 1.01. The summed E-state index contributed by atoms with van der Waals surface area (Å²) in [6.07, 6.45) is 9.61. The number of likely N-dealkylation sites (tertiary alicyclic amines) is 1. The molecular formula is C33H43ClN6O3. The Hall–Kier alpha value is -2.93. The molecule has 2 aliphatic heterocycles. The summed E-state index contributed by atoms with van der Waals surface area (Å²) in [5, 5.41) is 22.5. The predicted octanol–water partition coefficient (Wildman–Crippen LogP) is 4.82. The van der Waals surface area contributed by atoms with Crippen LogP contribution in [0, 0.1) is 27.6 Å². The largest absolute Gasteiger partial charge is 0.489 e. The highest BCUT2D eigenvalue weighted by atomic mass is 35.5. The summed E-state index contributed by atoms with van der Waals surface area (Å²) in [7, 11) is 0. The van der Waals surface area contributed by atoms with E-state index < -0.39 is 0 Å². The zero-order chi connectivity index (χ0) is 30.6. The smallest absolute Gasteiger partial charge is 0.254 e. The predicted molar refractivity (Wildman–Crippen MR) is 165 cm³/mol. The minimum absolute atomic E-state index is 0.0716. The summed E-state index contributed by atoms with van der Waals surface area (Å²) in [5.74, 6) is 1.08. The van der Waals surface area contributed by atoms with Crippen molar-refractivity contribution in [3.05, 3.63) is 46.7 Å². The Bertz CT molecular complexity index is 1370. The number of rotatable bonds is 6. The highest BCUT2D eigenvalue weighted by Crippen LogP contribution is 2.55. The molecule has 2 aliphatic carbocycles. The molecule has 6 rings (SSSR count). The van der Waals surface area contributed by atoms with Crippen LogP contribution in [-0.4, -0.2) is 76.4 Å². The van der Waals surface area contributed by atoms with E-state index in [1.54, 1.807) is 30.6 Å². The van der Waals surface area contributed by atoms with E-state index in [1.807, 2.05) is 0 Å². The molecule has 0 radical (unpaired) electrons. The second-order valence-corrected chi connectivity index (χ2v) is 14.8. The topological polar surface area (TPSA) is 115 Å². The van der Waals surface area contributed by atoms with Gasteiger partial charge in [-0.25, -0.2) is 9.97 Å². The van der Waals surface area contributed by atoms with Crippen molar-refractivity contribution >= 4 is 23.5 Å². The van der Waals surface area contributed by atoms with Crippen LogP contribution >= 0.6 is 11.6 Å². The fourth-order valence-corrected chi connectivity index (χ4v) is 8.77. The van der Waals surface area contributed by atoms with Crippen molar-refractivity contribution in [1.29, 1.82) is 5.26 Å². The minimum Gasteiger partial charge on any atom is -0.489 e. The molecule has 2 saturated heterocycles. The van der Waals surface area contributed by atoms with Crippen LogP contribution in [0.15, 0.2) is 30.6 Å². The Kier molecular flexibility index (Phi) is 7.85. The molecule has 1 aromatic carbocycles. The molecule has 0 unspecified atom stereocenters. The number of carbonyl (C=O) groups is 1. The summed E-state index contributed by atoms with van der Waals surface area (Å²) in [4.78, 5) is 27.3. The maximum absolute atomic E-state index is 13.3. The number of amides is 1. The molecule has 2 N–H and O–H groups in total. The number of benzene rings is 1. The second kappa shape index (κ2) is 11.2. The van der Waals surface area contributed by atoms with Gasteiger partial charge in [0.25, 0.3) is 5.91 Å². The van der Waals surface area contributed by atoms with Crippen LogP contribution < -0.4 is 15.0 Å². The molecule has 2 aromatic rings. The number of piperidine rings is 2. The summed E-state index contributed by atoms with van der Waals surface area (Å²) >= 11 is 6.22. The molecule has 4 fully saturated rings. The highest BCUT2D eigenvalue weighted by Gasteiger charge is 2.64. The van der Waals surface area contributed by atoms with Crippen molar-refractivity contribution < 1.29 is 14.6 Å². The quantitative estimate of drug-likeness (QED) is 0.481. The third-order valence-electron chi connectivity index (χ3n) is 10.8. The van der Waals surface area contributed by atoms with Gasteiger partial charge in [-0.05, 0) is 69.2 Å². The molecule has 43 heavy (non-hydrogen) atoms. The van der Waals surface area contributed by atoms with Crippen molar-refractivity contribution in [1.82, 2.24) is 20.2 Å². The molecular weight excluding hydrogens is 564 g/mol. The normalized spacial score (nSPS) is 26.7. The van der Waals surface area contributed by atoms with Gasteiger partial charge in [-0.2, -0.15) is 5.26 Å². The number of nitriles is 1. The number of ether oxygens (including phenoxy) is 1. The van der Waals surface area contributed by atoms with E-state index in [9.17, 15) is 9.90 Å². The highest BCUT2D eigenvalue weighted by molar-refractivity contribution is 6.31. The number of aliphatic hydroxyl groups excluding tert-OH is 1. The molecule has 1 amide bonds. The maximum atomic E-state index is 13.3. The fourth-order valence-electron chi connectivity index (χ4n) is 8.55. The summed E-state index contributed by atoms with van der Waals surface area (Å²) in [6, 6.07) is 7.62. The van der Waals surface area contributed by atoms with Crippen molar-refractivity contribution in [2.75, 3.05) is 31.1 Å². The van der Waals surface area contributed by atoms with Crippen LogP contribution in [0.5, 0.6) is 5.75 Å². The van der Waals surface area contributed by atoms with Gasteiger partial charge < -0.3 is 25.0 Å². The first-order valence-corrected chi connectivity index (χ1v) is 16.0. The maximum Gasteiger partial charge on any atom is 0.254 e. The van der Waals surface area contributed by atoms with E-state index >= 15 is 0 Å². The molecule has 0 atom stereocenters. The molecule has 9 nitrogen and oxygen atoms in total. The average molecular weight is 607 g/mol. The van der Waals surface area contributed by atoms with Crippen LogP contribution in [0.1, 0.15) is 82.1 Å². The van der Waals surface area contributed by atoms with E-state index in [-0.39, 0.29) is 35.0 Å². The number of anilines is 1. The minimum atomic E-state index is -0.348. The summed E-state index contributed by atoms with van der Waals surface area (Å²) in [6.45, 7) is 12.4. The van der Waals surface area contributed by atoms with E-state index in [4.69, 9.17) is 21.6 Å². The second-order valence-electron chi connectivity index (χ2n) is 14.4. The zero-order valence-electron chi connectivity index (χ0n) is 25.6. The van der Waals surface area contributed by atoms with E-state index in [0.717, 1.165) is 51.9 Å². The van der Waals surface area contributed by atoms with Crippen molar-refractivity contribution in [3.8, 4) is 11.8 Å². The molecule has 3 heterocycles. The van der Waals surface area contributed by atoms with Crippen LogP contribution in [-0.2, 0) is 0 Å². The number of halogens is 1. The first kappa shape index (κ1) is 30.1. The molecule has 4 aliphatic rings. The Morgan fingerprint density at radius 1 is 1.07 bits per heavy atom.